The number of nitrogens with two attached hydrogens (primary N) is 1. The van der Waals surface area contributed by atoms with E-state index >= 15 is 0 Å². The predicted molar refractivity (Wildman–Crippen MR) is 68.0 cm³/mol. The van der Waals surface area contributed by atoms with Crippen molar-refractivity contribution in [1.29, 1.82) is 0 Å². The second kappa shape index (κ2) is 5.43. The van der Waals surface area contributed by atoms with E-state index in [1.54, 1.807) is 13.8 Å². The van der Waals surface area contributed by atoms with Crippen molar-refractivity contribution in [2.24, 2.45) is 10.8 Å². The van der Waals surface area contributed by atoms with Crippen LogP contribution in [0.4, 0.5) is 9.57 Å². The second-order valence-electron chi connectivity index (χ2n) is 3.90. The summed E-state index contributed by atoms with van der Waals surface area (Å²) in [5, 5.41) is 3.47. The van der Waals surface area contributed by atoms with Crippen molar-refractivity contribution in [3.05, 3.63) is 32.7 Å². The Labute approximate surface area is 110 Å². The minimum absolute atomic E-state index is 0.0780. The van der Waals surface area contributed by atoms with Crippen molar-refractivity contribution < 1.29 is 16.5 Å². The van der Waals surface area contributed by atoms with E-state index in [1.807, 2.05) is 0 Å². The van der Waals surface area contributed by atoms with Gasteiger partial charge in [-0.05, 0) is 43.0 Å². The van der Waals surface area contributed by atoms with Crippen LogP contribution in [0.3, 0.4) is 0 Å². The number of benzene rings is 1. The Morgan fingerprint density at radius 1 is 1.32 bits per heavy atom. The van der Waals surface area contributed by atoms with E-state index in [2.05, 4.69) is 14.2 Å². The first kappa shape index (κ1) is 15.2. The molecule has 0 atom stereocenters. The lowest BCUT2D eigenvalue weighted by Crippen LogP contribution is -2.09. The van der Waals surface area contributed by atoms with Gasteiger partial charge in [-0.2, -0.15) is 8.42 Å². The Morgan fingerprint density at radius 3 is 2.32 bits per heavy atom. The lowest BCUT2D eigenvalue weighted by molar-refractivity contribution is 0.437. The molecule has 1 rings (SSSR count). The Bertz CT molecular complexity index is 666. The molecule has 0 spiro atoms. The summed E-state index contributed by atoms with van der Waals surface area (Å²) in [6.45, 7) is 4.79. The van der Waals surface area contributed by atoms with Gasteiger partial charge in [0.2, 0.25) is 0 Å². The van der Waals surface area contributed by atoms with Gasteiger partial charge < -0.3 is 9.92 Å². The Morgan fingerprint density at radius 2 is 1.89 bits per heavy atom. The van der Waals surface area contributed by atoms with Crippen LogP contribution >= 0.6 is 0 Å². The Kier molecular flexibility index (Phi) is 4.35. The van der Waals surface area contributed by atoms with Gasteiger partial charge in [0.1, 0.15) is 0 Å². The molecule has 0 aromatic heterocycles. The van der Waals surface area contributed by atoms with Gasteiger partial charge in [-0.1, -0.05) is 9.00 Å². The molecule has 1 aromatic carbocycles. The fraction of sp³-hybridized carbons (Fsp3) is 0.400. The molecule has 2 N–H and O–H groups in total. The molecule has 0 heterocycles. The van der Waals surface area contributed by atoms with E-state index in [4.69, 9.17) is 11.3 Å². The van der Waals surface area contributed by atoms with Crippen LogP contribution in [0.5, 0.6) is 5.75 Å². The van der Waals surface area contributed by atoms with Crippen LogP contribution in [0.15, 0.2) is 5.11 Å². The maximum atomic E-state index is 12.7. The maximum absolute atomic E-state index is 12.7. The van der Waals surface area contributed by atoms with Crippen molar-refractivity contribution in [2.75, 3.05) is 0 Å². The summed E-state index contributed by atoms with van der Waals surface area (Å²) in [6.07, 6.45) is 0. The summed E-state index contributed by atoms with van der Waals surface area (Å²) < 4.78 is 38.3. The molecular weight excluding hydrogens is 275 g/mol. The molecule has 1 aromatic rings. The first-order chi connectivity index (χ1) is 8.72. The first-order valence-corrected chi connectivity index (χ1v) is 6.55. The summed E-state index contributed by atoms with van der Waals surface area (Å²) in [5.41, 5.74) is 16.1. The predicted octanol–water partition coefficient (Wildman–Crippen LogP) is 2.61. The first-order valence-electron chi connectivity index (χ1n) is 5.24. The quantitative estimate of drug-likeness (QED) is 0.396. The highest BCUT2D eigenvalue weighted by molar-refractivity contribution is 7.81. The molecular formula is C10H13FN4O3S. The molecule has 0 saturated heterocycles. The van der Waals surface area contributed by atoms with E-state index in [0.717, 1.165) is 0 Å². The molecule has 104 valence electrons. The van der Waals surface area contributed by atoms with Crippen LogP contribution in [0, 0.1) is 20.8 Å². The molecule has 0 fully saturated rings. The van der Waals surface area contributed by atoms with Crippen LogP contribution in [0.2, 0.25) is 0 Å². The normalized spacial score (nSPS) is 11.0. The zero-order valence-corrected chi connectivity index (χ0v) is 11.5. The van der Waals surface area contributed by atoms with Gasteiger partial charge in [0.05, 0.1) is 0 Å². The van der Waals surface area contributed by atoms with Gasteiger partial charge >= 0.3 is 10.5 Å². The summed E-state index contributed by atoms with van der Waals surface area (Å²) in [7, 11) is -5.17. The van der Waals surface area contributed by atoms with Crippen molar-refractivity contribution in [2.45, 2.75) is 27.3 Å². The smallest absolute Gasteiger partial charge is 0.358 e. The average molecular weight is 288 g/mol. The number of halogens is 1. The molecule has 0 aliphatic heterocycles. The van der Waals surface area contributed by atoms with Crippen LogP contribution in [0.25, 0.3) is 10.4 Å². The molecule has 0 aliphatic carbocycles. The van der Waals surface area contributed by atoms with Crippen molar-refractivity contribution in [1.82, 2.24) is 0 Å². The molecule has 9 heteroatoms. The molecule has 19 heavy (non-hydrogen) atoms. The van der Waals surface area contributed by atoms with Crippen LogP contribution in [-0.2, 0) is 17.0 Å². The van der Waals surface area contributed by atoms with E-state index in [1.165, 1.54) is 6.92 Å². The summed E-state index contributed by atoms with van der Waals surface area (Å²) in [5.74, 6) is -0.198. The Balaban J connectivity index is 3.72. The highest BCUT2D eigenvalue weighted by atomic mass is 32.3. The largest absolute Gasteiger partial charge is 0.488 e. The van der Waals surface area contributed by atoms with Gasteiger partial charge in [-0.15, -0.1) is 0 Å². The van der Waals surface area contributed by atoms with Crippen molar-refractivity contribution in [3.63, 3.8) is 0 Å². The molecule has 7 nitrogen and oxygen atoms in total. The number of rotatable bonds is 4. The molecule has 0 aliphatic rings. The number of hydrogen-bond acceptors (Lipinski definition) is 5. The number of azide groups is 1. The topological polar surface area (TPSA) is 118 Å². The summed E-state index contributed by atoms with van der Waals surface area (Å²) >= 11 is 0. The zero-order chi connectivity index (χ0) is 14.8. The molecule has 0 saturated carbocycles. The van der Waals surface area contributed by atoms with Crippen molar-refractivity contribution >= 4 is 16.2 Å². The fourth-order valence-electron chi connectivity index (χ4n) is 1.96. The summed E-state index contributed by atoms with van der Waals surface area (Å²) in [4.78, 5) is 2.66. The number of nitrogens with zero attached hydrogens (tertiary/aromatic N) is 3. The average Bonchev–Trinajstić information content (AvgIpc) is 2.30. The van der Waals surface area contributed by atoms with Crippen LogP contribution in [-0.4, -0.2) is 8.42 Å². The monoisotopic (exact) mass is 288 g/mol. The third-order valence-corrected chi connectivity index (χ3v) is 3.19. The van der Waals surface area contributed by atoms with E-state index < -0.39 is 10.5 Å². The lowest BCUT2D eigenvalue weighted by Gasteiger charge is -2.17. The molecule has 0 amide bonds. The van der Waals surface area contributed by atoms with E-state index in [0.29, 0.717) is 16.7 Å². The highest BCUT2D eigenvalue weighted by Gasteiger charge is 2.21. The molecule has 0 bridgehead atoms. The zero-order valence-electron chi connectivity index (χ0n) is 10.6. The minimum atomic E-state index is -5.17. The van der Waals surface area contributed by atoms with Gasteiger partial charge in [0.15, 0.2) is 5.75 Å². The second-order valence-corrected chi connectivity index (χ2v) is 4.85. The van der Waals surface area contributed by atoms with Gasteiger partial charge in [-0.25, -0.2) is 0 Å². The lowest BCUT2D eigenvalue weighted by atomic mass is 9.96. The third-order valence-electron chi connectivity index (χ3n) is 2.83. The van der Waals surface area contributed by atoms with E-state index in [-0.39, 0.29) is 23.5 Å². The highest BCUT2D eigenvalue weighted by Crippen LogP contribution is 2.38. The van der Waals surface area contributed by atoms with Crippen molar-refractivity contribution in [3.8, 4) is 5.75 Å². The Hall–Kier alpha value is -1.83. The minimum Gasteiger partial charge on any atom is -0.358 e. The SMILES string of the molecule is Cc1c(CN)c(C)c(OS(=O)(=O)F)c(C)c1N=[N+]=[N-]. The van der Waals surface area contributed by atoms with Crippen LogP contribution < -0.4 is 9.92 Å². The van der Waals surface area contributed by atoms with E-state index in [9.17, 15) is 12.3 Å². The van der Waals surface area contributed by atoms with Gasteiger partial charge in [-0.3, -0.25) is 0 Å². The number of hydrogen-bond donors (Lipinski definition) is 1. The third kappa shape index (κ3) is 3.14. The van der Waals surface area contributed by atoms with Crippen LogP contribution in [0.1, 0.15) is 22.3 Å². The van der Waals surface area contributed by atoms with Gasteiger partial charge in [0, 0.05) is 22.7 Å². The summed E-state index contributed by atoms with van der Waals surface area (Å²) in [6, 6.07) is 0. The molecule has 0 unspecified atom stereocenters. The maximum Gasteiger partial charge on any atom is 0.488 e. The standard InChI is InChI=1S/C10H13FN4O3S/c1-5-8(4-12)6(2)10(18-19(11,16)17)7(3)9(5)14-15-13/h4,12H2,1-3H3. The van der Waals surface area contributed by atoms with Gasteiger partial charge in [0.25, 0.3) is 0 Å². The molecule has 0 radical (unpaired) electrons. The fourth-order valence-corrected chi connectivity index (χ4v) is 2.41.